The number of benzene rings is 1. The number of carbonyl (C=O) groups is 12. The Morgan fingerprint density at radius 2 is 0.970 bits per heavy atom. The Morgan fingerprint density at radius 3 is 1.47 bits per heavy atom. The molecule has 1 aromatic carbocycles. The number of thiol groups is 1. The Morgan fingerprint density at radius 1 is 0.540 bits per heavy atom. The summed E-state index contributed by atoms with van der Waals surface area (Å²) in [5.41, 5.74) is 39.5. The number of primary amides is 1. The Labute approximate surface area is 587 Å². The van der Waals surface area contributed by atoms with Crippen LogP contribution in [0.4, 0.5) is 0 Å². The Hall–Kier alpha value is -9.34. The molecular formula is C61H108N24O14S. The molecule has 0 spiro atoms. The van der Waals surface area contributed by atoms with E-state index in [0.29, 0.717) is 37.7 Å². The molecule has 100 heavy (non-hydrogen) atoms. The number of phenols is 1. The third-order valence-corrected chi connectivity index (χ3v) is 16.5. The number of nitrogens with two attached hydrogens (primary N) is 7. The molecule has 562 valence electrons. The van der Waals surface area contributed by atoms with E-state index < -0.39 is 156 Å². The average Bonchev–Trinajstić information content (AvgIpc) is 1.60. The van der Waals surface area contributed by atoms with E-state index in [1.54, 1.807) is 13.8 Å². The summed E-state index contributed by atoms with van der Waals surface area (Å²) in [6, 6.07) is -7.71. The number of nitrogens with zero attached hydrogens (tertiary/aromatic N) is 1. The molecule has 1 aliphatic heterocycles. The van der Waals surface area contributed by atoms with Crippen molar-refractivity contribution in [1.82, 2.24) is 74.0 Å². The highest BCUT2D eigenvalue weighted by Gasteiger charge is 2.41. The molecule has 12 amide bonds. The van der Waals surface area contributed by atoms with Gasteiger partial charge in [-0.15, -0.1) is 0 Å². The molecule has 0 bridgehead atoms. The number of hydrogen-bond donors (Lipinski definition) is 26. The number of nitrogens with one attached hydrogen (secondary N) is 16. The van der Waals surface area contributed by atoms with Crippen molar-refractivity contribution in [1.29, 1.82) is 16.2 Å². The summed E-state index contributed by atoms with van der Waals surface area (Å²) in [5.74, 6) is -11.7. The van der Waals surface area contributed by atoms with Crippen LogP contribution >= 0.6 is 12.6 Å². The normalized spacial score (nSPS) is 15.8. The van der Waals surface area contributed by atoms with Crippen LogP contribution in [0.15, 0.2) is 24.3 Å². The van der Waals surface area contributed by atoms with Gasteiger partial charge in [0.2, 0.25) is 70.9 Å². The summed E-state index contributed by atoms with van der Waals surface area (Å²) >= 11 is 3.99. The van der Waals surface area contributed by atoms with Gasteiger partial charge in [-0.3, -0.25) is 73.8 Å². The molecule has 38 nitrogen and oxygen atoms in total. The third kappa shape index (κ3) is 33.0. The van der Waals surface area contributed by atoms with Crippen LogP contribution in [0.1, 0.15) is 123 Å². The van der Waals surface area contributed by atoms with Crippen molar-refractivity contribution >= 4 is 101 Å². The van der Waals surface area contributed by atoms with E-state index in [2.05, 4.69) is 81.7 Å². The van der Waals surface area contributed by atoms with Crippen molar-refractivity contribution in [3.8, 4) is 5.75 Å². The van der Waals surface area contributed by atoms with E-state index in [1.807, 2.05) is 0 Å². The summed E-state index contributed by atoms with van der Waals surface area (Å²) < 4.78 is 0. The van der Waals surface area contributed by atoms with Crippen molar-refractivity contribution in [3.63, 3.8) is 0 Å². The van der Waals surface area contributed by atoms with Gasteiger partial charge in [0.05, 0.1) is 25.2 Å². The van der Waals surface area contributed by atoms with Crippen LogP contribution in [0.25, 0.3) is 0 Å². The lowest BCUT2D eigenvalue weighted by Gasteiger charge is -2.32. The Kier molecular flexibility index (Phi) is 40.6. The van der Waals surface area contributed by atoms with Crippen molar-refractivity contribution in [2.45, 2.75) is 190 Å². The molecule has 1 aliphatic rings. The van der Waals surface area contributed by atoms with Crippen molar-refractivity contribution in [2.24, 2.45) is 46.1 Å². The quantitative estimate of drug-likeness (QED) is 0.0125. The summed E-state index contributed by atoms with van der Waals surface area (Å²) in [4.78, 5) is 167. The van der Waals surface area contributed by atoms with E-state index >= 15 is 0 Å². The molecule has 1 heterocycles. The fourth-order valence-corrected chi connectivity index (χ4v) is 10.5. The SMILES string of the molecule is CC[C@H](C)[C@H](NC(=O)[C@H](CCCNC(=N)N)NC(=O)CNC(=O)[C@@H](N)CS)C(=O)N[C@@H](CCCCN)C(=O)N1CCC[C@H]1C(=O)N[C@@H](CCCNC(=N)N)C(=O)N[C@@H](CCCCN)C(=O)NCC(=O)N[C@@H](Cc1ccc(O)cc1)C(=O)N[C@H](C(=O)N[C@@H](CCCNC(=N)N)C(N)=O)[C@@H](C)O. The molecule has 1 fully saturated rings. The zero-order valence-corrected chi connectivity index (χ0v) is 58.0. The van der Waals surface area contributed by atoms with Crippen LogP contribution in [0.3, 0.4) is 0 Å². The molecule has 1 aromatic rings. The molecule has 0 aliphatic carbocycles. The second-order valence-corrected chi connectivity index (χ2v) is 24.7. The van der Waals surface area contributed by atoms with E-state index in [-0.39, 0.29) is 139 Å². The van der Waals surface area contributed by atoms with E-state index in [0.717, 1.165) is 0 Å². The number of unbranched alkanes of at least 4 members (excludes halogenated alkanes) is 2. The minimum Gasteiger partial charge on any atom is -0.508 e. The highest BCUT2D eigenvalue weighted by atomic mass is 32.1. The lowest BCUT2D eigenvalue weighted by molar-refractivity contribution is -0.143. The van der Waals surface area contributed by atoms with Crippen LogP contribution in [0.5, 0.6) is 5.75 Å². The number of carbonyl (C=O) groups excluding carboxylic acids is 12. The van der Waals surface area contributed by atoms with Crippen LogP contribution in [-0.2, 0) is 64.0 Å². The molecule has 0 aromatic heterocycles. The first kappa shape index (κ1) is 86.7. The number of aliphatic hydroxyl groups excluding tert-OH is 1. The maximum atomic E-state index is 14.8. The van der Waals surface area contributed by atoms with Gasteiger partial charge in [0.1, 0.15) is 60.1 Å². The first-order valence-electron chi connectivity index (χ1n) is 33.4. The molecule has 0 saturated carbocycles. The zero-order valence-electron chi connectivity index (χ0n) is 57.1. The van der Waals surface area contributed by atoms with Gasteiger partial charge in [-0.1, -0.05) is 32.4 Å². The zero-order chi connectivity index (χ0) is 75.0. The van der Waals surface area contributed by atoms with Gasteiger partial charge < -0.3 is 124 Å². The van der Waals surface area contributed by atoms with E-state index in [9.17, 15) is 67.7 Å². The lowest BCUT2D eigenvalue weighted by Crippen LogP contribution is -2.60. The number of phenolic OH excluding ortho intramolecular Hbond substituents is 1. The van der Waals surface area contributed by atoms with Gasteiger partial charge in [0.15, 0.2) is 17.9 Å². The Bertz CT molecular complexity index is 2900. The van der Waals surface area contributed by atoms with Crippen LogP contribution < -0.4 is 109 Å². The number of amides is 12. The molecule has 0 unspecified atom stereocenters. The van der Waals surface area contributed by atoms with Gasteiger partial charge in [-0.2, -0.15) is 12.6 Å². The maximum Gasteiger partial charge on any atom is 0.245 e. The van der Waals surface area contributed by atoms with Gasteiger partial charge in [0.25, 0.3) is 0 Å². The number of aliphatic hydroxyl groups is 1. The fraction of sp³-hybridized carbons (Fsp3) is 0.656. The Balaban J connectivity index is 2.44. The lowest BCUT2D eigenvalue weighted by atomic mass is 9.96. The van der Waals surface area contributed by atoms with Crippen LogP contribution in [0.2, 0.25) is 0 Å². The number of aromatic hydroxyl groups is 1. The number of likely N-dealkylation sites (tertiary alicyclic amines) is 1. The first-order valence-corrected chi connectivity index (χ1v) is 34.0. The van der Waals surface area contributed by atoms with Crippen molar-refractivity contribution in [3.05, 3.63) is 29.8 Å². The van der Waals surface area contributed by atoms with E-state index in [1.165, 1.54) is 36.1 Å². The third-order valence-electron chi connectivity index (χ3n) is 16.1. The van der Waals surface area contributed by atoms with Crippen molar-refractivity contribution < 1.29 is 67.7 Å². The topological polar surface area (TPSA) is 659 Å². The minimum absolute atomic E-state index is 0.00145. The number of guanidine groups is 3. The molecule has 0 radical (unpaired) electrons. The van der Waals surface area contributed by atoms with Gasteiger partial charge in [-0.05, 0) is 134 Å². The first-order chi connectivity index (χ1) is 47.4. The average molecular weight is 1430 g/mol. The van der Waals surface area contributed by atoms with Gasteiger partial charge in [-0.25, -0.2) is 0 Å². The monoisotopic (exact) mass is 1430 g/mol. The highest BCUT2D eigenvalue weighted by Crippen LogP contribution is 2.22. The summed E-state index contributed by atoms with van der Waals surface area (Å²) in [5, 5.41) is 76.5. The molecule has 2 rings (SSSR count). The van der Waals surface area contributed by atoms with Crippen molar-refractivity contribution in [2.75, 3.05) is 58.1 Å². The fourth-order valence-electron chi connectivity index (χ4n) is 10.3. The smallest absolute Gasteiger partial charge is 0.245 e. The second-order valence-electron chi connectivity index (χ2n) is 24.3. The minimum atomic E-state index is -1.70. The van der Waals surface area contributed by atoms with Crippen LogP contribution in [0, 0.1) is 22.1 Å². The number of rotatable bonds is 48. The molecule has 39 heteroatoms. The molecular weight excluding hydrogens is 1320 g/mol. The second kappa shape index (κ2) is 46.8. The number of hydrogen-bond acceptors (Lipinski definition) is 21. The summed E-state index contributed by atoms with van der Waals surface area (Å²) in [7, 11) is 0. The standard InChI is InChI=1S/C61H108N24O14S/c1-4-33(2)47(83-53(94)40(16-10-26-73-60(68)69)77-45(88)30-75-50(91)37(64)32-100)56(97)82-42(14-6-8-24-63)58(99)85-28-12-18-44(85)55(96)81-41(17-11-27-74-61(70)71)52(93)80-39(13-5-7-23-62)51(92)76-31-46(89)78-43(29-35-19-21-36(87)22-20-35)54(95)84-48(34(3)86)57(98)79-38(49(65)90)15-9-25-72-59(66)67/h19-22,33-34,37-44,47-48,86-87,100H,4-18,23-32,62-64H2,1-3H3,(H2,65,90)(H,75,91)(H,76,92)(H,77,88)(H,78,89)(H,79,98)(H,80,93)(H,81,96)(H,82,97)(H,83,94)(H,84,95)(H4,66,67,72)(H4,68,69,73)(H4,70,71,74)/t33-,34+,37-,38-,39-,40-,41-,42-,43-,44-,47-,48-/m0/s1. The molecule has 32 N–H and O–H groups in total. The highest BCUT2D eigenvalue weighted by molar-refractivity contribution is 7.80. The van der Waals surface area contributed by atoms with E-state index in [4.69, 9.17) is 56.4 Å². The van der Waals surface area contributed by atoms with Gasteiger partial charge >= 0.3 is 0 Å². The van der Waals surface area contributed by atoms with Gasteiger partial charge in [0, 0.05) is 38.4 Å². The maximum absolute atomic E-state index is 14.8. The molecule has 12 atom stereocenters. The summed E-state index contributed by atoms with van der Waals surface area (Å²) in [6.07, 6.45) is 0.892. The predicted octanol–water partition coefficient (Wildman–Crippen LogP) is -7.75. The molecule has 1 saturated heterocycles. The van der Waals surface area contributed by atoms with Crippen LogP contribution in [-0.4, -0.2) is 229 Å². The summed E-state index contributed by atoms with van der Waals surface area (Å²) in [6.45, 7) is 4.17. The predicted molar refractivity (Wildman–Crippen MR) is 373 cm³/mol. The largest absolute Gasteiger partial charge is 0.508 e.